The van der Waals surface area contributed by atoms with Crippen LogP contribution in [0.3, 0.4) is 0 Å². The van der Waals surface area contributed by atoms with Gasteiger partial charge >= 0.3 is 0 Å². The summed E-state index contributed by atoms with van der Waals surface area (Å²) in [6, 6.07) is 0. The summed E-state index contributed by atoms with van der Waals surface area (Å²) < 4.78 is 0. The van der Waals surface area contributed by atoms with Crippen LogP contribution in [-0.2, 0) is 0 Å². The minimum Gasteiger partial charge on any atom is -0.0935 e. The van der Waals surface area contributed by atoms with Crippen LogP contribution in [0.25, 0.3) is 0 Å². The molecule has 0 radical (unpaired) electrons. The van der Waals surface area contributed by atoms with E-state index in [0.717, 1.165) is 24.1 Å². The zero-order chi connectivity index (χ0) is 6.41. The van der Waals surface area contributed by atoms with Gasteiger partial charge in [-0.1, -0.05) is 31.4 Å². The second kappa shape index (κ2) is 5.32. The van der Waals surface area contributed by atoms with Gasteiger partial charge in [-0.15, -0.1) is 0 Å². The van der Waals surface area contributed by atoms with Crippen molar-refractivity contribution in [2.75, 3.05) is 0 Å². The first-order valence-electron chi connectivity index (χ1n) is 2.76. The Labute approximate surface area is 61.3 Å². The minimum atomic E-state index is 0.960. The van der Waals surface area contributed by atoms with E-state index in [0.29, 0.717) is 0 Å². The third-order valence-electron chi connectivity index (χ3n) is 0.935. The van der Waals surface area contributed by atoms with Crippen molar-refractivity contribution >= 4 is 34.7 Å². The van der Waals surface area contributed by atoms with E-state index in [2.05, 4.69) is 19.1 Å². The highest BCUT2D eigenvalue weighted by Crippen LogP contribution is 1.94. The monoisotopic (exact) mass is 146 g/mol. The average molecular weight is 146 g/mol. The summed E-state index contributed by atoms with van der Waals surface area (Å²) in [6.45, 7) is 2.08. The highest BCUT2D eigenvalue weighted by atomic mass is 32.1. The van der Waals surface area contributed by atoms with Crippen LogP contribution in [-0.4, -0.2) is 10.2 Å². The second-order valence-electron chi connectivity index (χ2n) is 1.60. The van der Waals surface area contributed by atoms with E-state index in [1.165, 1.54) is 0 Å². The first-order chi connectivity index (χ1) is 3.81. The zero-order valence-corrected chi connectivity index (χ0v) is 6.65. The molecule has 0 spiro atoms. The molecule has 8 heavy (non-hydrogen) atoms. The number of hydrogen-bond acceptors (Lipinski definition) is 2. The molecule has 0 nitrogen and oxygen atoms in total. The summed E-state index contributed by atoms with van der Waals surface area (Å²) in [6.07, 6.45) is 2.97. The van der Waals surface area contributed by atoms with Crippen LogP contribution in [0, 0.1) is 0 Å². The summed E-state index contributed by atoms with van der Waals surface area (Å²) in [4.78, 5) is 1.13. The van der Waals surface area contributed by atoms with Gasteiger partial charge in [0.15, 0.2) is 0 Å². The second-order valence-corrected chi connectivity index (χ2v) is 2.51. The Bertz CT molecular complexity index is 86.5. The summed E-state index contributed by atoms with van der Waals surface area (Å²) in [5, 5.41) is 1.74. The molecule has 0 N–H and O–H groups in total. The van der Waals surface area contributed by atoms with Crippen molar-refractivity contribution in [1.29, 1.82) is 0 Å². The van der Waals surface area contributed by atoms with Crippen molar-refractivity contribution in [2.24, 2.45) is 0 Å². The van der Waals surface area contributed by atoms with E-state index in [-0.39, 0.29) is 0 Å². The number of rotatable bonds is 4. The molecule has 0 aromatic rings. The Balaban J connectivity index is 3.11. The highest BCUT2D eigenvalue weighted by molar-refractivity contribution is 7.80. The summed E-state index contributed by atoms with van der Waals surface area (Å²) in [5.41, 5.74) is 0. The van der Waals surface area contributed by atoms with Crippen molar-refractivity contribution in [3.8, 4) is 0 Å². The van der Waals surface area contributed by atoms with Crippen LogP contribution >= 0.6 is 24.4 Å². The van der Waals surface area contributed by atoms with Gasteiger partial charge in [-0.2, -0.15) is 0 Å². The molecule has 0 bridgehead atoms. The van der Waals surface area contributed by atoms with Crippen molar-refractivity contribution in [2.45, 2.75) is 26.2 Å². The summed E-state index contributed by atoms with van der Waals surface area (Å²) >= 11 is 9.59. The Morgan fingerprint density at radius 3 is 2.62 bits per heavy atom. The number of hydrogen-bond donors (Lipinski definition) is 0. The predicted octanol–water partition coefficient (Wildman–Crippen LogP) is 2.55. The molecule has 0 atom stereocenters. The standard InChI is InChI=1S/C6H10S2/c1-2-6(8)4-3-5-7/h5H,2-4H2,1H3. The molecular weight excluding hydrogens is 136 g/mol. The average Bonchev–Trinajstić information content (AvgIpc) is 1.83. The first-order valence-corrected chi connectivity index (χ1v) is 3.64. The van der Waals surface area contributed by atoms with Gasteiger partial charge in [0.2, 0.25) is 0 Å². The zero-order valence-electron chi connectivity index (χ0n) is 5.02. The van der Waals surface area contributed by atoms with Crippen molar-refractivity contribution in [1.82, 2.24) is 0 Å². The molecule has 0 aliphatic carbocycles. The van der Waals surface area contributed by atoms with Crippen molar-refractivity contribution in [3.63, 3.8) is 0 Å². The van der Waals surface area contributed by atoms with Crippen LogP contribution in [0.5, 0.6) is 0 Å². The maximum Gasteiger partial charge on any atom is -0.00709 e. The molecule has 0 aliphatic rings. The Morgan fingerprint density at radius 2 is 2.25 bits per heavy atom. The van der Waals surface area contributed by atoms with E-state index in [4.69, 9.17) is 12.2 Å². The maximum absolute atomic E-state index is 4.95. The molecule has 0 saturated carbocycles. The topological polar surface area (TPSA) is 0 Å². The summed E-state index contributed by atoms with van der Waals surface area (Å²) in [5.74, 6) is 0. The fourth-order valence-electron chi connectivity index (χ4n) is 0.397. The van der Waals surface area contributed by atoms with Crippen LogP contribution in [0.1, 0.15) is 26.2 Å². The van der Waals surface area contributed by atoms with Gasteiger partial charge in [0.05, 0.1) is 0 Å². The molecule has 0 unspecified atom stereocenters. The lowest BCUT2D eigenvalue weighted by molar-refractivity contribution is 1.14. The largest absolute Gasteiger partial charge is 0.0935 e. The molecule has 0 saturated heterocycles. The van der Waals surface area contributed by atoms with Gasteiger partial charge in [0, 0.05) is 0 Å². The molecule has 0 aromatic heterocycles. The maximum atomic E-state index is 4.95. The lowest BCUT2D eigenvalue weighted by Crippen LogP contribution is -1.89. The normalized spacial score (nSPS) is 8.62. The molecule has 2 heteroatoms. The summed E-state index contributed by atoms with van der Waals surface area (Å²) in [7, 11) is 0. The molecule has 0 aromatic carbocycles. The van der Waals surface area contributed by atoms with Gasteiger partial charge in [-0.05, 0) is 29.5 Å². The molecule has 0 fully saturated rings. The lowest BCUT2D eigenvalue weighted by atomic mass is 10.2. The smallest absolute Gasteiger partial charge is 0.00709 e. The van der Waals surface area contributed by atoms with E-state index in [1.807, 2.05) is 0 Å². The molecular formula is C6H10S2. The van der Waals surface area contributed by atoms with Gasteiger partial charge in [-0.25, -0.2) is 0 Å². The van der Waals surface area contributed by atoms with Gasteiger partial charge < -0.3 is 0 Å². The molecule has 46 valence electrons. The molecule has 0 amide bonds. The van der Waals surface area contributed by atoms with Crippen LogP contribution in [0.15, 0.2) is 0 Å². The van der Waals surface area contributed by atoms with Crippen LogP contribution in [0.4, 0.5) is 0 Å². The fraction of sp³-hybridized carbons (Fsp3) is 0.667. The Morgan fingerprint density at radius 1 is 1.62 bits per heavy atom. The van der Waals surface area contributed by atoms with Crippen LogP contribution < -0.4 is 0 Å². The van der Waals surface area contributed by atoms with Gasteiger partial charge in [0.1, 0.15) is 0 Å². The minimum absolute atomic E-state index is 0.960. The molecule has 0 rings (SSSR count). The Hall–Kier alpha value is 0.180. The van der Waals surface area contributed by atoms with E-state index >= 15 is 0 Å². The predicted molar refractivity (Wildman–Crippen MR) is 45.8 cm³/mol. The highest BCUT2D eigenvalue weighted by Gasteiger charge is 1.88. The molecule has 0 heterocycles. The van der Waals surface area contributed by atoms with E-state index in [9.17, 15) is 0 Å². The van der Waals surface area contributed by atoms with Crippen LogP contribution in [0.2, 0.25) is 0 Å². The van der Waals surface area contributed by atoms with E-state index < -0.39 is 0 Å². The molecule has 0 aliphatic heterocycles. The fourth-order valence-corrected chi connectivity index (χ4v) is 0.632. The van der Waals surface area contributed by atoms with Crippen molar-refractivity contribution in [3.05, 3.63) is 0 Å². The first kappa shape index (κ1) is 8.18. The van der Waals surface area contributed by atoms with Gasteiger partial charge in [0.25, 0.3) is 0 Å². The SMILES string of the molecule is CCC(=S)CCC=S. The third kappa shape index (κ3) is 4.34. The Kier molecular flexibility index (Phi) is 5.44. The third-order valence-corrected chi connectivity index (χ3v) is 1.66. The number of thiocarbonyl (C=S) groups is 2. The van der Waals surface area contributed by atoms with Crippen molar-refractivity contribution < 1.29 is 0 Å². The van der Waals surface area contributed by atoms with E-state index in [1.54, 1.807) is 5.37 Å². The quantitative estimate of drug-likeness (QED) is 0.559. The van der Waals surface area contributed by atoms with Gasteiger partial charge in [-0.3, -0.25) is 0 Å². The lowest BCUT2D eigenvalue weighted by Gasteiger charge is -1.91.